The summed E-state index contributed by atoms with van der Waals surface area (Å²) < 4.78 is 36.1. The van der Waals surface area contributed by atoms with Crippen molar-refractivity contribution in [2.24, 2.45) is 5.92 Å². The van der Waals surface area contributed by atoms with E-state index in [9.17, 15) is 13.2 Å². The van der Waals surface area contributed by atoms with Gasteiger partial charge in [0, 0.05) is 5.03 Å². The van der Waals surface area contributed by atoms with E-state index in [1.54, 1.807) is 0 Å². The van der Waals surface area contributed by atoms with Gasteiger partial charge in [-0.3, -0.25) is 0 Å². The van der Waals surface area contributed by atoms with Crippen LogP contribution in [0.4, 0.5) is 13.2 Å². The standard InChI is InChI=1S/C8H7BrClF3/c1-7(9)4-5(10)2-3-6(7)8(11,12)13/h2-4,6H,1H3. The smallest absolute Gasteiger partial charge is 0.170 e. The summed E-state index contributed by atoms with van der Waals surface area (Å²) in [5, 5.41) is 0.319. The monoisotopic (exact) mass is 274 g/mol. The van der Waals surface area contributed by atoms with Crippen molar-refractivity contribution in [3.8, 4) is 0 Å². The normalized spacial score (nSPS) is 34.6. The van der Waals surface area contributed by atoms with Crippen LogP contribution in [0.25, 0.3) is 0 Å². The average molecular weight is 275 g/mol. The molecular weight excluding hydrogens is 268 g/mol. The van der Waals surface area contributed by atoms with Crippen LogP contribution in [0.3, 0.4) is 0 Å². The summed E-state index contributed by atoms with van der Waals surface area (Å²) >= 11 is 8.60. The van der Waals surface area contributed by atoms with Crippen LogP contribution < -0.4 is 0 Å². The molecule has 0 aliphatic heterocycles. The minimum Gasteiger partial charge on any atom is -0.170 e. The topological polar surface area (TPSA) is 0 Å². The summed E-state index contributed by atoms with van der Waals surface area (Å²) in [6.07, 6.45) is -0.560. The Morgan fingerprint density at radius 3 is 2.46 bits per heavy atom. The van der Waals surface area contributed by atoms with Crippen molar-refractivity contribution in [2.45, 2.75) is 17.4 Å². The molecule has 2 atom stereocenters. The van der Waals surface area contributed by atoms with Gasteiger partial charge in [-0.15, -0.1) is 0 Å². The van der Waals surface area contributed by atoms with Crippen molar-refractivity contribution in [3.63, 3.8) is 0 Å². The molecule has 0 bridgehead atoms. The molecule has 13 heavy (non-hydrogen) atoms. The maximum Gasteiger partial charge on any atom is 0.396 e. The second-order valence-corrected chi connectivity index (χ2v) is 5.20. The molecule has 1 rings (SSSR count). The molecular formula is C8H7BrClF3. The molecule has 0 aromatic heterocycles. The number of allylic oxidation sites excluding steroid dienone is 4. The van der Waals surface area contributed by atoms with E-state index in [0.29, 0.717) is 5.03 Å². The van der Waals surface area contributed by atoms with E-state index in [2.05, 4.69) is 15.9 Å². The molecule has 0 spiro atoms. The van der Waals surface area contributed by atoms with E-state index >= 15 is 0 Å². The summed E-state index contributed by atoms with van der Waals surface area (Å²) in [5.41, 5.74) is 0. The predicted molar refractivity (Wildman–Crippen MR) is 50.0 cm³/mol. The number of hydrogen-bond donors (Lipinski definition) is 0. The van der Waals surface area contributed by atoms with Crippen LogP contribution in [-0.2, 0) is 0 Å². The Hall–Kier alpha value is 0.0400. The van der Waals surface area contributed by atoms with Crippen LogP contribution in [0.15, 0.2) is 23.3 Å². The van der Waals surface area contributed by atoms with Crippen molar-refractivity contribution < 1.29 is 13.2 Å². The lowest BCUT2D eigenvalue weighted by Crippen LogP contribution is -2.37. The van der Waals surface area contributed by atoms with E-state index in [4.69, 9.17) is 11.6 Å². The van der Waals surface area contributed by atoms with E-state index in [1.165, 1.54) is 19.1 Å². The highest BCUT2D eigenvalue weighted by atomic mass is 79.9. The molecule has 1 aliphatic rings. The largest absolute Gasteiger partial charge is 0.396 e. The zero-order valence-electron chi connectivity index (χ0n) is 6.70. The van der Waals surface area contributed by atoms with E-state index in [-0.39, 0.29) is 0 Å². The van der Waals surface area contributed by atoms with Gasteiger partial charge >= 0.3 is 6.18 Å². The molecule has 0 aromatic carbocycles. The van der Waals surface area contributed by atoms with Crippen LogP contribution >= 0.6 is 27.5 Å². The molecule has 2 unspecified atom stereocenters. The average Bonchev–Trinajstić information content (AvgIpc) is 1.79. The second-order valence-electron chi connectivity index (χ2n) is 3.06. The Balaban J connectivity index is 2.99. The molecule has 0 saturated heterocycles. The Bertz CT molecular complexity index is 265. The quantitative estimate of drug-likeness (QED) is 0.586. The highest BCUT2D eigenvalue weighted by molar-refractivity contribution is 9.10. The van der Waals surface area contributed by atoms with Gasteiger partial charge < -0.3 is 0 Å². The van der Waals surface area contributed by atoms with Crippen LogP contribution in [0, 0.1) is 5.92 Å². The Labute approximate surface area is 87.6 Å². The van der Waals surface area contributed by atoms with Crippen LogP contribution in [0.2, 0.25) is 0 Å². The van der Waals surface area contributed by atoms with E-state index < -0.39 is 16.4 Å². The number of rotatable bonds is 0. The third-order valence-corrected chi connectivity index (χ3v) is 2.79. The van der Waals surface area contributed by atoms with Gasteiger partial charge in [0.05, 0.1) is 10.2 Å². The van der Waals surface area contributed by atoms with Gasteiger partial charge in [-0.1, -0.05) is 33.6 Å². The molecule has 0 N–H and O–H groups in total. The van der Waals surface area contributed by atoms with Gasteiger partial charge in [0.25, 0.3) is 0 Å². The third kappa shape index (κ3) is 2.50. The van der Waals surface area contributed by atoms with Crippen molar-refractivity contribution >= 4 is 27.5 Å². The maximum atomic E-state index is 12.4. The Morgan fingerprint density at radius 2 is 2.08 bits per heavy atom. The van der Waals surface area contributed by atoms with Crippen molar-refractivity contribution in [3.05, 3.63) is 23.3 Å². The first-order valence-electron chi connectivity index (χ1n) is 3.55. The first-order chi connectivity index (χ1) is 5.73. The van der Waals surface area contributed by atoms with Crippen molar-refractivity contribution in [2.75, 3.05) is 0 Å². The SMILES string of the molecule is CC1(Br)C=C(Cl)C=CC1C(F)(F)F. The lowest BCUT2D eigenvalue weighted by molar-refractivity contribution is -0.164. The number of halogens is 5. The Morgan fingerprint density at radius 1 is 1.54 bits per heavy atom. The van der Waals surface area contributed by atoms with Crippen molar-refractivity contribution in [1.29, 1.82) is 0 Å². The van der Waals surface area contributed by atoms with Gasteiger partial charge in [-0.2, -0.15) is 13.2 Å². The van der Waals surface area contributed by atoms with Crippen LogP contribution in [0.1, 0.15) is 6.92 Å². The molecule has 0 aromatic rings. The lowest BCUT2D eigenvalue weighted by atomic mass is 9.89. The lowest BCUT2D eigenvalue weighted by Gasteiger charge is -2.31. The van der Waals surface area contributed by atoms with Crippen LogP contribution in [-0.4, -0.2) is 10.5 Å². The molecule has 0 radical (unpaired) electrons. The summed E-state index contributed by atoms with van der Waals surface area (Å²) in [4.78, 5) is 0. The number of hydrogen-bond acceptors (Lipinski definition) is 0. The minimum atomic E-state index is -4.25. The summed E-state index contributed by atoms with van der Waals surface area (Å²) in [6.45, 7) is 1.44. The van der Waals surface area contributed by atoms with Gasteiger partial charge in [0.1, 0.15) is 0 Å². The maximum absolute atomic E-state index is 12.4. The van der Waals surface area contributed by atoms with Gasteiger partial charge in [-0.05, 0) is 19.1 Å². The molecule has 0 saturated carbocycles. The highest BCUT2D eigenvalue weighted by Gasteiger charge is 2.48. The van der Waals surface area contributed by atoms with Crippen LogP contribution in [0.5, 0.6) is 0 Å². The fourth-order valence-electron chi connectivity index (χ4n) is 1.21. The summed E-state index contributed by atoms with van der Waals surface area (Å²) in [6, 6.07) is 0. The minimum absolute atomic E-state index is 0.319. The first kappa shape index (κ1) is 11.1. The summed E-state index contributed by atoms with van der Waals surface area (Å²) in [7, 11) is 0. The van der Waals surface area contributed by atoms with E-state index in [0.717, 1.165) is 6.08 Å². The zero-order valence-corrected chi connectivity index (χ0v) is 9.04. The molecule has 1 aliphatic carbocycles. The molecule has 0 fully saturated rings. The fourth-order valence-corrected chi connectivity index (χ4v) is 2.30. The second kappa shape index (κ2) is 3.31. The zero-order chi connectivity index (χ0) is 10.3. The van der Waals surface area contributed by atoms with Gasteiger partial charge in [0.15, 0.2) is 0 Å². The fraction of sp³-hybridized carbons (Fsp3) is 0.500. The third-order valence-electron chi connectivity index (χ3n) is 1.83. The van der Waals surface area contributed by atoms with Crippen molar-refractivity contribution in [1.82, 2.24) is 0 Å². The molecule has 74 valence electrons. The molecule has 0 nitrogen and oxygen atoms in total. The molecule has 0 amide bonds. The predicted octanol–water partition coefficient (Wildman–Crippen LogP) is 4.01. The van der Waals surface area contributed by atoms with Gasteiger partial charge in [0.2, 0.25) is 0 Å². The molecule has 0 heterocycles. The summed E-state index contributed by atoms with van der Waals surface area (Å²) in [5.74, 6) is -1.53. The van der Waals surface area contributed by atoms with E-state index in [1.807, 2.05) is 0 Å². The molecule has 5 heteroatoms. The first-order valence-corrected chi connectivity index (χ1v) is 4.73. The number of alkyl halides is 4. The highest BCUT2D eigenvalue weighted by Crippen LogP contribution is 2.44. The Kier molecular flexibility index (Phi) is 2.83. The van der Waals surface area contributed by atoms with Gasteiger partial charge in [-0.25, -0.2) is 0 Å².